The third-order valence-corrected chi connectivity index (χ3v) is 0.672. The van der Waals surface area contributed by atoms with Crippen molar-refractivity contribution in [1.29, 1.82) is 0 Å². The van der Waals surface area contributed by atoms with Crippen LogP contribution >= 0.6 is 0 Å². The predicted molar refractivity (Wildman–Crippen MR) is 44.1 cm³/mol. The van der Waals surface area contributed by atoms with Crippen molar-refractivity contribution in [3.8, 4) is 0 Å². The van der Waals surface area contributed by atoms with Crippen molar-refractivity contribution in [3.05, 3.63) is 25.1 Å². The Kier molecular flexibility index (Phi) is 12.7. The van der Waals surface area contributed by atoms with E-state index in [2.05, 4.69) is 6.58 Å². The molecule has 0 aliphatic carbocycles. The normalized spacial score (nSPS) is 8.00. The van der Waals surface area contributed by atoms with Crippen LogP contribution < -0.4 is 0 Å². The first-order chi connectivity index (χ1) is 4.31. The summed E-state index contributed by atoms with van der Waals surface area (Å²) in [6.45, 7) is 9.53. The molecule has 0 N–H and O–H groups in total. The largest absolute Gasteiger partial charge is 0.358 e. The quantitative estimate of drug-likeness (QED) is 0.551. The Bertz CT molecular complexity index is 74.6. The molecule has 0 saturated carbocycles. The molecular formula is C8H17N. The van der Waals surface area contributed by atoms with Crippen molar-refractivity contribution in [2.24, 2.45) is 0 Å². The van der Waals surface area contributed by atoms with Crippen LogP contribution in [0.1, 0.15) is 20.8 Å². The summed E-state index contributed by atoms with van der Waals surface area (Å²) in [5.74, 6) is 0. The number of hydrogen-bond donors (Lipinski definition) is 0. The molecule has 0 spiro atoms. The van der Waals surface area contributed by atoms with Crippen molar-refractivity contribution in [2.45, 2.75) is 20.8 Å². The molecule has 1 heteroatoms. The van der Waals surface area contributed by atoms with E-state index in [1.54, 1.807) is 6.20 Å². The van der Waals surface area contributed by atoms with Crippen LogP contribution in [0.2, 0.25) is 0 Å². The molecule has 1 nitrogen and oxygen atoms in total. The van der Waals surface area contributed by atoms with E-state index in [1.807, 2.05) is 45.0 Å². The minimum Gasteiger partial charge on any atom is -0.358 e. The average molecular weight is 127 g/mol. The molecule has 0 bridgehead atoms. The summed E-state index contributed by atoms with van der Waals surface area (Å²) in [5, 5.41) is 0. The molecule has 0 fully saturated rings. The first-order valence-electron chi connectivity index (χ1n) is 3.28. The molecule has 0 radical (unpaired) electrons. The Labute approximate surface area is 58.7 Å². The van der Waals surface area contributed by atoms with Gasteiger partial charge in [-0.15, -0.1) is 0 Å². The van der Waals surface area contributed by atoms with Crippen LogP contribution in [0.3, 0.4) is 0 Å². The van der Waals surface area contributed by atoms with Crippen molar-refractivity contribution in [3.63, 3.8) is 0 Å². The molecule has 0 aromatic rings. The monoisotopic (exact) mass is 127 g/mol. The molecule has 9 heavy (non-hydrogen) atoms. The summed E-state index contributed by atoms with van der Waals surface area (Å²) in [4.78, 5) is 1.89. The first kappa shape index (κ1) is 11.1. The molecule has 0 rings (SSSR count). The van der Waals surface area contributed by atoms with E-state index < -0.39 is 0 Å². The van der Waals surface area contributed by atoms with Crippen molar-refractivity contribution >= 4 is 0 Å². The van der Waals surface area contributed by atoms with Gasteiger partial charge in [0, 0.05) is 7.05 Å². The summed E-state index contributed by atoms with van der Waals surface area (Å²) < 4.78 is 0. The number of allylic oxidation sites excluding steroid dienone is 1. The second kappa shape index (κ2) is 10.3. The molecule has 54 valence electrons. The molecule has 0 amide bonds. The lowest BCUT2D eigenvalue weighted by molar-refractivity contribution is 0.627. The van der Waals surface area contributed by atoms with Crippen molar-refractivity contribution in [2.75, 3.05) is 7.05 Å². The van der Waals surface area contributed by atoms with Crippen LogP contribution in [0.15, 0.2) is 25.1 Å². The highest BCUT2D eigenvalue weighted by Crippen LogP contribution is 1.80. The van der Waals surface area contributed by atoms with E-state index >= 15 is 0 Å². The van der Waals surface area contributed by atoms with E-state index in [9.17, 15) is 0 Å². The van der Waals surface area contributed by atoms with E-state index in [4.69, 9.17) is 0 Å². The number of hydrogen-bond acceptors (Lipinski definition) is 1. The molecule has 0 unspecified atom stereocenters. The fourth-order valence-corrected chi connectivity index (χ4v) is 0.296. The summed E-state index contributed by atoms with van der Waals surface area (Å²) in [7, 11) is 1.94. The van der Waals surface area contributed by atoms with Gasteiger partial charge >= 0.3 is 0 Å². The zero-order valence-electron chi connectivity index (χ0n) is 6.89. The molecular weight excluding hydrogens is 110 g/mol. The van der Waals surface area contributed by atoms with E-state index in [-0.39, 0.29) is 0 Å². The highest BCUT2D eigenvalue weighted by Gasteiger charge is 1.71. The Morgan fingerprint density at radius 1 is 1.33 bits per heavy atom. The molecule has 0 aliphatic heterocycles. The lowest BCUT2D eigenvalue weighted by atomic mass is 10.6. The fraction of sp³-hybridized carbons (Fsp3) is 0.500. The highest BCUT2D eigenvalue weighted by atomic mass is 15.0. The van der Waals surface area contributed by atoms with Crippen LogP contribution in [0.5, 0.6) is 0 Å². The van der Waals surface area contributed by atoms with Crippen LogP contribution in [-0.4, -0.2) is 11.9 Å². The Morgan fingerprint density at radius 3 is 1.89 bits per heavy atom. The van der Waals surface area contributed by atoms with Gasteiger partial charge in [0.25, 0.3) is 0 Å². The summed E-state index contributed by atoms with van der Waals surface area (Å²) in [6.07, 6.45) is 5.65. The van der Waals surface area contributed by atoms with E-state index in [0.717, 1.165) is 0 Å². The van der Waals surface area contributed by atoms with Crippen LogP contribution in [0.25, 0.3) is 0 Å². The third kappa shape index (κ3) is 11.1. The fourth-order valence-electron chi connectivity index (χ4n) is 0.296. The van der Waals surface area contributed by atoms with Gasteiger partial charge in [-0.2, -0.15) is 0 Å². The lowest BCUT2D eigenvalue weighted by Crippen LogP contribution is -1.97. The van der Waals surface area contributed by atoms with Gasteiger partial charge in [0.05, 0.1) is 0 Å². The molecule has 0 aromatic heterocycles. The topological polar surface area (TPSA) is 3.24 Å². The summed E-state index contributed by atoms with van der Waals surface area (Å²) >= 11 is 0. The molecule has 0 saturated heterocycles. The smallest absolute Gasteiger partial charge is 0.0106 e. The van der Waals surface area contributed by atoms with Gasteiger partial charge in [0.2, 0.25) is 0 Å². The minimum absolute atomic E-state index is 1.75. The second-order valence-electron chi connectivity index (χ2n) is 1.33. The van der Waals surface area contributed by atoms with Gasteiger partial charge in [0.15, 0.2) is 0 Å². The number of nitrogens with zero attached hydrogens (tertiary/aromatic N) is 1. The minimum atomic E-state index is 1.75. The van der Waals surface area contributed by atoms with E-state index in [1.165, 1.54) is 0 Å². The van der Waals surface area contributed by atoms with Crippen LogP contribution in [-0.2, 0) is 0 Å². The van der Waals surface area contributed by atoms with E-state index in [0.29, 0.717) is 0 Å². The maximum Gasteiger partial charge on any atom is 0.0106 e. The zero-order chi connectivity index (χ0) is 7.70. The SMILES string of the molecule is C=CN(C)/C=C\C.CC. The Hall–Kier alpha value is -0.720. The van der Waals surface area contributed by atoms with Gasteiger partial charge in [0.1, 0.15) is 0 Å². The zero-order valence-corrected chi connectivity index (χ0v) is 6.89. The van der Waals surface area contributed by atoms with Crippen molar-refractivity contribution in [1.82, 2.24) is 4.90 Å². The molecule has 0 aromatic carbocycles. The predicted octanol–water partition coefficient (Wildman–Crippen LogP) is 2.62. The highest BCUT2D eigenvalue weighted by molar-refractivity contribution is 4.81. The van der Waals surface area contributed by atoms with Gasteiger partial charge in [-0.25, -0.2) is 0 Å². The first-order valence-corrected chi connectivity index (χ1v) is 3.28. The van der Waals surface area contributed by atoms with Crippen LogP contribution in [0.4, 0.5) is 0 Å². The molecule has 0 heterocycles. The van der Waals surface area contributed by atoms with Gasteiger partial charge in [-0.05, 0) is 19.3 Å². The molecule has 0 atom stereocenters. The maximum atomic E-state index is 3.55. The third-order valence-electron chi connectivity index (χ3n) is 0.672. The second-order valence-corrected chi connectivity index (χ2v) is 1.33. The Morgan fingerprint density at radius 2 is 1.78 bits per heavy atom. The Balaban J connectivity index is 0. The standard InChI is InChI=1S/C6H11N.C2H6/c1-4-6-7(3)5-2;1-2/h4-6H,2H2,1,3H3;1-2H3/b6-4-;. The van der Waals surface area contributed by atoms with Crippen molar-refractivity contribution < 1.29 is 0 Å². The van der Waals surface area contributed by atoms with Gasteiger partial charge in [-0.3, -0.25) is 0 Å². The van der Waals surface area contributed by atoms with Crippen LogP contribution in [0, 0.1) is 0 Å². The average Bonchev–Trinajstić information content (AvgIpc) is 1.93. The summed E-state index contributed by atoms with van der Waals surface area (Å²) in [6, 6.07) is 0. The van der Waals surface area contributed by atoms with Gasteiger partial charge in [-0.1, -0.05) is 26.5 Å². The number of rotatable bonds is 2. The molecule has 0 aliphatic rings. The maximum absolute atomic E-state index is 3.55. The lowest BCUT2D eigenvalue weighted by Gasteiger charge is -2.02. The van der Waals surface area contributed by atoms with Gasteiger partial charge < -0.3 is 4.90 Å². The summed E-state index contributed by atoms with van der Waals surface area (Å²) in [5.41, 5.74) is 0.